The van der Waals surface area contributed by atoms with Gasteiger partial charge in [0.2, 0.25) is 0 Å². The third-order valence-electron chi connectivity index (χ3n) is 7.05. The molecule has 1 unspecified atom stereocenters. The van der Waals surface area contributed by atoms with E-state index < -0.39 is 0 Å². The van der Waals surface area contributed by atoms with Crippen molar-refractivity contribution in [3.8, 4) is 0 Å². The molecular formula is C29H48ClN. The van der Waals surface area contributed by atoms with Crippen LogP contribution in [0, 0.1) is 0 Å². The summed E-state index contributed by atoms with van der Waals surface area (Å²) in [5, 5.41) is 2.79. The Hall–Kier alpha value is -1.05. The maximum atomic E-state index is 2.42. The molecule has 2 rings (SSSR count). The number of hydrogen-bond donors (Lipinski definition) is 0. The van der Waals surface area contributed by atoms with Crippen LogP contribution in [0.4, 0.5) is 5.69 Å². The molecule has 0 aliphatic heterocycles. The lowest BCUT2D eigenvalue weighted by Gasteiger charge is -2.34. The molecule has 0 aliphatic rings. The van der Waals surface area contributed by atoms with Gasteiger partial charge in [0.25, 0.3) is 0 Å². The van der Waals surface area contributed by atoms with E-state index in [0.29, 0.717) is 0 Å². The first-order valence-electron chi connectivity index (χ1n) is 13.0. The number of quaternary nitrogens is 1. The fourth-order valence-electron chi connectivity index (χ4n) is 4.78. The predicted molar refractivity (Wildman–Crippen MR) is 137 cm³/mol. The van der Waals surface area contributed by atoms with Crippen molar-refractivity contribution in [3.63, 3.8) is 0 Å². The minimum Gasteiger partial charge on any atom is -1.00 e. The van der Waals surface area contributed by atoms with Crippen molar-refractivity contribution in [1.29, 1.82) is 0 Å². The summed E-state index contributed by atoms with van der Waals surface area (Å²) in [6, 6.07) is 15.7. The minimum absolute atomic E-state index is 0. The first-order chi connectivity index (χ1) is 14.7. The zero-order valence-corrected chi connectivity index (χ0v) is 21.4. The van der Waals surface area contributed by atoms with Crippen LogP contribution in [0.1, 0.15) is 104 Å². The standard InChI is InChI=1S/C29H48N.ClH/c1-4-6-7-8-9-10-11-12-13-14-15-16-17-20-26-30(3,5-2)29-25-21-23-27-22-18-19-24-28(27)29;/h18-19,21-25H,4-17,20,26H2,1-3H3;1H/q+1;/p-1. The summed E-state index contributed by atoms with van der Waals surface area (Å²) in [6.45, 7) is 7.05. The highest BCUT2D eigenvalue weighted by molar-refractivity contribution is 5.93. The fourth-order valence-corrected chi connectivity index (χ4v) is 4.78. The summed E-state index contributed by atoms with van der Waals surface area (Å²) in [4.78, 5) is 0. The van der Waals surface area contributed by atoms with Crippen LogP contribution in [0.15, 0.2) is 42.5 Å². The number of nitrogens with zero attached hydrogens (tertiary/aromatic N) is 1. The van der Waals surface area contributed by atoms with Crippen molar-refractivity contribution >= 4 is 16.5 Å². The molecule has 0 aliphatic carbocycles. The van der Waals surface area contributed by atoms with E-state index in [1.807, 2.05) is 0 Å². The van der Waals surface area contributed by atoms with E-state index in [-0.39, 0.29) is 12.4 Å². The molecule has 31 heavy (non-hydrogen) atoms. The first kappa shape index (κ1) is 28.0. The molecule has 0 N–H and O–H groups in total. The Morgan fingerprint density at radius 2 is 1.06 bits per heavy atom. The minimum atomic E-state index is 0. The van der Waals surface area contributed by atoms with Crippen molar-refractivity contribution in [2.75, 3.05) is 20.1 Å². The van der Waals surface area contributed by atoms with Crippen molar-refractivity contribution in [3.05, 3.63) is 42.5 Å². The van der Waals surface area contributed by atoms with E-state index in [9.17, 15) is 0 Å². The van der Waals surface area contributed by atoms with Gasteiger partial charge in [0, 0.05) is 5.39 Å². The molecule has 2 aromatic carbocycles. The number of hydrogen-bond acceptors (Lipinski definition) is 0. The Morgan fingerprint density at radius 1 is 0.581 bits per heavy atom. The van der Waals surface area contributed by atoms with Gasteiger partial charge >= 0.3 is 0 Å². The molecule has 2 heteroatoms. The summed E-state index contributed by atoms with van der Waals surface area (Å²) in [5.74, 6) is 0. The summed E-state index contributed by atoms with van der Waals surface area (Å²) in [7, 11) is 2.42. The van der Waals surface area contributed by atoms with Crippen LogP contribution in [-0.4, -0.2) is 20.1 Å². The Labute approximate surface area is 199 Å². The smallest absolute Gasteiger partial charge is 0.140 e. The second-order valence-corrected chi connectivity index (χ2v) is 9.53. The normalized spacial score (nSPS) is 13.1. The zero-order valence-electron chi connectivity index (χ0n) is 20.7. The lowest BCUT2D eigenvalue weighted by atomic mass is 10.0. The predicted octanol–water partition coefficient (Wildman–Crippen LogP) is 6.28. The molecule has 0 spiro atoms. The van der Waals surface area contributed by atoms with E-state index in [4.69, 9.17) is 0 Å². The van der Waals surface area contributed by atoms with Crippen LogP contribution < -0.4 is 16.9 Å². The van der Waals surface area contributed by atoms with Gasteiger partial charge in [-0.2, -0.15) is 0 Å². The summed E-state index contributed by atoms with van der Waals surface area (Å²) >= 11 is 0. The lowest BCUT2D eigenvalue weighted by molar-refractivity contribution is -0.00000646. The number of benzene rings is 2. The van der Waals surface area contributed by atoms with E-state index in [2.05, 4.69) is 63.4 Å². The Kier molecular flexibility index (Phi) is 15.0. The SMILES string of the molecule is CCCCCCCCCCCCCCCC[N+](C)(CC)c1cccc2ccccc12.[Cl-]. The first-order valence-corrected chi connectivity index (χ1v) is 13.0. The highest BCUT2D eigenvalue weighted by Crippen LogP contribution is 2.31. The van der Waals surface area contributed by atoms with Gasteiger partial charge in [-0.05, 0) is 37.3 Å². The number of rotatable bonds is 17. The van der Waals surface area contributed by atoms with Crippen molar-refractivity contribution in [1.82, 2.24) is 4.48 Å². The fraction of sp³-hybridized carbons (Fsp3) is 0.655. The maximum Gasteiger partial charge on any atom is 0.140 e. The molecular weight excluding hydrogens is 398 g/mol. The van der Waals surface area contributed by atoms with Gasteiger partial charge in [0.1, 0.15) is 5.69 Å². The molecule has 0 heterocycles. The third-order valence-corrected chi connectivity index (χ3v) is 7.05. The average molecular weight is 446 g/mol. The topological polar surface area (TPSA) is 0 Å². The van der Waals surface area contributed by atoms with E-state index in [1.54, 1.807) is 0 Å². The zero-order chi connectivity index (χ0) is 21.5. The maximum absolute atomic E-state index is 2.42. The van der Waals surface area contributed by atoms with Gasteiger partial charge < -0.3 is 12.4 Å². The lowest BCUT2D eigenvalue weighted by Crippen LogP contribution is -3.00. The van der Waals surface area contributed by atoms with Crippen LogP contribution in [0.3, 0.4) is 0 Å². The summed E-state index contributed by atoms with van der Waals surface area (Å²) in [6.07, 6.45) is 20.0. The molecule has 0 saturated heterocycles. The second kappa shape index (κ2) is 16.6. The molecule has 176 valence electrons. The summed E-state index contributed by atoms with van der Waals surface area (Å²) < 4.78 is 1.06. The molecule has 0 aromatic heterocycles. The molecule has 0 radical (unpaired) electrons. The molecule has 1 nitrogen and oxygen atoms in total. The third kappa shape index (κ3) is 9.96. The van der Waals surface area contributed by atoms with Crippen molar-refractivity contribution < 1.29 is 12.4 Å². The highest BCUT2D eigenvalue weighted by atomic mass is 35.5. The van der Waals surface area contributed by atoms with Crippen LogP contribution in [-0.2, 0) is 0 Å². The number of unbranched alkanes of at least 4 members (excludes halogenated alkanes) is 13. The van der Waals surface area contributed by atoms with Crippen LogP contribution in [0.2, 0.25) is 0 Å². The molecule has 0 fully saturated rings. The van der Waals surface area contributed by atoms with E-state index in [1.165, 1.54) is 113 Å². The Balaban J connectivity index is 0.00000480. The molecule has 0 saturated carbocycles. The monoisotopic (exact) mass is 445 g/mol. The molecule has 1 atom stereocenters. The largest absolute Gasteiger partial charge is 1.00 e. The van der Waals surface area contributed by atoms with E-state index >= 15 is 0 Å². The molecule has 0 amide bonds. The average Bonchev–Trinajstić information content (AvgIpc) is 2.78. The number of fused-ring (bicyclic) bond motifs is 1. The second-order valence-electron chi connectivity index (χ2n) is 9.53. The van der Waals surface area contributed by atoms with Gasteiger partial charge in [0.05, 0.1) is 20.1 Å². The van der Waals surface area contributed by atoms with Crippen molar-refractivity contribution in [2.45, 2.75) is 104 Å². The van der Waals surface area contributed by atoms with Gasteiger partial charge in [0.15, 0.2) is 0 Å². The van der Waals surface area contributed by atoms with E-state index in [0.717, 1.165) is 11.0 Å². The van der Waals surface area contributed by atoms with Crippen LogP contribution in [0.25, 0.3) is 10.8 Å². The van der Waals surface area contributed by atoms with Gasteiger partial charge in [-0.3, -0.25) is 4.48 Å². The molecule has 2 aromatic rings. The van der Waals surface area contributed by atoms with Gasteiger partial charge in [-0.25, -0.2) is 0 Å². The van der Waals surface area contributed by atoms with Crippen LogP contribution in [0.5, 0.6) is 0 Å². The summed E-state index contributed by atoms with van der Waals surface area (Å²) in [5.41, 5.74) is 1.49. The van der Waals surface area contributed by atoms with Crippen molar-refractivity contribution in [2.24, 2.45) is 0 Å². The quantitative estimate of drug-likeness (QED) is 0.198. The Morgan fingerprint density at radius 3 is 1.61 bits per heavy atom. The number of halogens is 1. The van der Waals surface area contributed by atoms with Gasteiger partial charge in [-0.1, -0.05) is 114 Å². The van der Waals surface area contributed by atoms with Crippen LogP contribution >= 0.6 is 0 Å². The molecule has 0 bridgehead atoms. The van der Waals surface area contributed by atoms with Gasteiger partial charge in [-0.15, -0.1) is 0 Å². The Bertz CT molecular complexity index is 693. The highest BCUT2D eigenvalue weighted by Gasteiger charge is 2.24.